The Balaban J connectivity index is 1.39. The van der Waals surface area contributed by atoms with Gasteiger partial charge in [-0.1, -0.05) is 115 Å². The number of nitrogens with zero attached hydrogens (tertiary/aromatic N) is 4. The van der Waals surface area contributed by atoms with Gasteiger partial charge in [0.25, 0.3) is 16.0 Å². The quantitative estimate of drug-likeness (QED) is 0.0410. The largest absolute Gasteiger partial charge is 0.507 e. The molecule has 1 aliphatic heterocycles. The summed E-state index contributed by atoms with van der Waals surface area (Å²) in [6.07, 6.45) is 17.9. The van der Waals surface area contributed by atoms with Gasteiger partial charge >= 0.3 is 5.97 Å². The minimum absolute atomic E-state index is 0.000931. The Morgan fingerprint density at radius 3 is 2.02 bits per heavy atom. The number of carbonyl (C=O) groups is 3. The van der Waals surface area contributed by atoms with Crippen molar-refractivity contribution in [2.45, 2.75) is 121 Å². The second-order valence-electron chi connectivity index (χ2n) is 13.5. The molecule has 1 heterocycles. The van der Waals surface area contributed by atoms with Crippen LogP contribution in [0, 0.1) is 0 Å². The van der Waals surface area contributed by atoms with E-state index in [0.717, 1.165) is 48.9 Å². The third kappa shape index (κ3) is 13.6. The molecule has 1 aliphatic rings. The molecule has 0 aromatic heterocycles. The fraction of sp³-hybridized carbons (Fsp3) is 0.450. The summed E-state index contributed by atoms with van der Waals surface area (Å²) >= 11 is 0. The average molecular weight is 778 g/mol. The first-order valence-corrected chi connectivity index (χ1v) is 20.5. The third-order valence-electron chi connectivity index (χ3n) is 9.10. The lowest BCUT2D eigenvalue weighted by Gasteiger charge is -2.15. The Morgan fingerprint density at radius 2 is 1.44 bits per heavy atom. The summed E-state index contributed by atoms with van der Waals surface area (Å²) in [6, 6.07) is 13.9. The molecule has 0 saturated carbocycles. The maximum Gasteiger partial charge on any atom is 0.339 e. The van der Waals surface area contributed by atoms with E-state index < -0.39 is 50.2 Å². The number of ether oxygens (including phenoxy) is 1. The molecule has 0 fully saturated rings. The predicted molar refractivity (Wildman–Crippen MR) is 209 cm³/mol. The van der Waals surface area contributed by atoms with Crippen LogP contribution in [0.3, 0.4) is 0 Å². The number of amides is 2. The number of hydrogen-bond acceptors (Lipinski definition) is 10. The molecule has 0 aliphatic carbocycles. The summed E-state index contributed by atoms with van der Waals surface area (Å²) in [5.74, 6) is -3.21. The number of aromatic hydroxyl groups is 1. The Hall–Kier alpha value is -5.15. The number of carbonyl (C=O) groups excluding carboxylic acids is 2. The van der Waals surface area contributed by atoms with Crippen molar-refractivity contribution in [1.82, 2.24) is 5.32 Å². The normalized spacial score (nSPS) is 14.4. The number of rotatable bonds is 23. The first-order chi connectivity index (χ1) is 26.5. The number of nitrogens with one attached hydrogen (secondary N) is 1. The molecule has 0 bridgehead atoms. The number of hydrazone groups is 1. The number of amidine groups is 1. The molecule has 2 amide bonds. The number of anilines is 1. The summed E-state index contributed by atoms with van der Waals surface area (Å²) < 4.78 is 40.5. The molecule has 0 unspecified atom stereocenters. The maximum atomic E-state index is 13.7. The van der Waals surface area contributed by atoms with Crippen LogP contribution < -0.4 is 15.1 Å². The highest BCUT2D eigenvalue weighted by Gasteiger charge is 2.39. The van der Waals surface area contributed by atoms with Crippen molar-refractivity contribution in [3.63, 3.8) is 0 Å². The summed E-state index contributed by atoms with van der Waals surface area (Å²) in [7, 11) is -4.85. The van der Waals surface area contributed by atoms with E-state index >= 15 is 0 Å². The van der Waals surface area contributed by atoms with Gasteiger partial charge in [0.2, 0.25) is 11.9 Å². The van der Waals surface area contributed by atoms with E-state index in [1.54, 1.807) is 30.3 Å². The van der Waals surface area contributed by atoms with Gasteiger partial charge in [-0.2, -0.15) is 23.7 Å². The molecule has 15 heteroatoms. The fourth-order valence-electron chi connectivity index (χ4n) is 6.10. The van der Waals surface area contributed by atoms with Gasteiger partial charge in [0.1, 0.15) is 27.7 Å². The standard InChI is InChI=1S/C40H51N5O9S/c1-2-3-4-5-6-7-8-9-10-11-12-13-14-15-19-22-36(47)41-38-37(43-42-29-23-25-33(46)32(27-29)40(49)50)39(48)45(44-38)30-24-26-34(35(28-30)55(51,52)53)54-31-20-17-16-18-21-31/h16-18,20-21,23-28,37,46H,2-15,19,22H2,1H3,(H,49,50)(H,41,44,47)(H,51,52,53)/t37-/m0/s1. The molecular weight excluding hydrogens is 727 g/mol. The van der Waals surface area contributed by atoms with Crippen molar-refractivity contribution in [3.8, 4) is 17.2 Å². The third-order valence-corrected chi connectivity index (χ3v) is 9.98. The minimum Gasteiger partial charge on any atom is -0.507 e. The highest BCUT2D eigenvalue weighted by Crippen LogP contribution is 2.34. The van der Waals surface area contributed by atoms with Gasteiger partial charge in [0.05, 0.1) is 11.4 Å². The smallest absolute Gasteiger partial charge is 0.339 e. The van der Waals surface area contributed by atoms with Crippen LogP contribution in [-0.4, -0.2) is 52.8 Å². The van der Waals surface area contributed by atoms with Crippen LogP contribution in [0.2, 0.25) is 0 Å². The molecule has 1 atom stereocenters. The van der Waals surface area contributed by atoms with Crippen molar-refractivity contribution in [1.29, 1.82) is 0 Å². The van der Waals surface area contributed by atoms with E-state index in [2.05, 4.69) is 27.6 Å². The monoisotopic (exact) mass is 777 g/mol. The maximum absolute atomic E-state index is 13.7. The predicted octanol–water partition coefficient (Wildman–Crippen LogP) is 9.32. The van der Waals surface area contributed by atoms with Gasteiger partial charge in [0.15, 0.2) is 5.84 Å². The lowest BCUT2D eigenvalue weighted by Crippen LogP contribution is -2.39. The van der Waals surface area contributed by atoms with Crippen LogP contribution in [0.1, 0.15) is 120 Å². The van der Waals surface area contributed by atoms with Gasteiger partial charge in [-0.15, -0.1) is 5.10 Å². The van der Waals surface area contributed by atoms with Crippen LogP contribution >= 0.6 is 0 Å². The van der Waals surface area contributed by atoms with Crippen LogP contribution in [0.4, 0.5) is 11.4 Å². The fourth-order valence-corrected chi connectivity index (χ4v) is 6.73. The Kier molecular flexibility index (Phi) is 16.8. The zero-order chi connectivity index (χ0) is 39.6. The van der Waals surface area contributed by atoms with E-state index in [1.807, 2.05) is 0 Å². The lowest BCUT2D eigenvalue weighted by atomic mass is 10.0. The van der Waals surface area contributed by atoms with Crippen LogP contribution in [-0.2, 0) is 19.7 Å². The second-order valence-corrected chi connectivity index (χ2v) is 14.9. The molecule has 4 rings (SSSR count). The van der Waals surface area contributed by atoms with Crippen molar-refractivity contribution in [2.24, 2.45) is 15.3 Å². The SMILES string of the molecule is CCCCCCCCCCCCCCCCCC(=O)NC1=NN(c2ccc(Oc3ccccc3)c(S(=O)(=O)O)c2)C(=O)[C@H]1N=Nc1ccc(O)c(C(=O)O)c1. The van der Waals surface area contributed by atoms with Crippen molar-refractivity contribution in [2.75, 3.05) is 5.01 Å². The first-order valence-electron chi connectivity index (χ1n) is 19.0. The molecule has 3 aromatic rings. The number of carboxylic acid groups (broad SMARTS) is 1. The number of azo groups is 1. The van der Waals surface area contributed by atoms with E-state index in [0.29, 0.717) is 12.2 Å². The number of carboxylic acids is 1. The van der Waals surface area contributed by atoms with E-state index in [9.17, 15) is 37.6 Å². The van der Waals surface area contributed by atoms with Gasteiger partial charge in [-0.25, -0.2) is 4.79 Å². The Morgan fingerprint density at radius 1 is 0.836 bits per heavy atom. The number of phenols is 1. The Labute approximate surface area is 322 Å². The van der Waals surface area contributed by atoms with Gasteiger partial charge in [0, 0.05) is 6.42 Å². The van der Waals surface area contributed by atoms with Crippen molar-refractivity contribution >= 4 is 45.1 Å². The van der Waals surface area contributed by atoms with Gasteiger partial charge < -0.3 is 20.3 Å². The summed E-state index contributed by atoms with van der Waals surface area (Å²) in [4.78, 5) is 37.6. The van der Waals surface area contributed by atoms with Gasteiger partial charge in [-0.05, 0) is 55.0 Å². The number of para-hydroxylation sites is 1. The zero-order valence-corrected chi connectivity index (χ0v) is 32.0. The van der Waals surface area contributed by atoms with Crippen molar-refractivity contribution in [3.05, 3.63) is 72.3 Å². The van der Waals surface area contributed by atoms with E-state index in [-0.39, 0.29) is 29.4 Å². The van der Waals surface area contributed by atoms with E-state index in [1.165, 1.54) is 82.4 Å². The number of hydrogen-bond donors (Lipinski definition) is 4. The Bertz CT molecular complexity index is 1920. The molecule has 4 N–H and O–H groups in total. The average Bonchev–Trinajstić information content (AvgIpc) is 3.46. The highest BCUT2D eigenvalue weighted by atomic mass is 32.2. The summed E-state index contributed by atoms with van der Waals surface area (Å²) in [5, 5.41) is 35.0. The minimum atomic E-state index is -4.85. The van der Waals surface area contributed by atoms with Crippen molar-refractivity contribution < 1.29 is 42.3 Å². The summed E-state index contributed by atoms with van der Waals surface area (Å²) in [5.41, 5.74) is -0.513. The molecular formula is C40H51N5O9S. The number of aromatic carboxylic acids is 1. The number of unbranched alkanes of at least 4 members (excludes halogenated alkanes) is 14. The molecule has 3 aromatic carbocycles. The zero-order valence-electron chi connectivity index (χ0n) is 31.2. The topological polar surface area (TPSA) is 208 Å². The molecule has 296 valence electrons. The lowest BCUT2D eigenvalue weighted by molar-refractivity contribution is -0.119. The second kappa shape index (κ2) is 21.7. The molecule has 0 saturated heterocycles. The summed E-state index contributed by atoms with van der Waals surface area (Å²) in [6.45, 7) is 2.23. The van der Waals surface area contributed by atoms with E-state index in [4.69, 9.17) is 4.74 Å². The van der Waals surface area contributed by atoms with Crippen LogP contribution in [0.5, 0.6) is 17.2 Å². The van der Waals surface area contributed by atoms with Gasteiger partial charge in [-0.3, -0.25) is 14.1 Å². The molecule has 0 spiro atoms. The van der Waals surface area contributed by atoms with Crippen LogP contribution in [0.25, 0.3) is 0 Å². The highest BCUT2D eigenvalue weighted by molar-refractivity contribution is 7.86. The molecule has 0 radical (unpaired) electrons. The van der Waals surface area contributed by atoms with Crippen LogP contribution in [0.15, 0.2) is 87.0 Å². The molecule has 14 nitrogen and oxygen atoms in total. The first kappa shape index (κ1) is 42.6. The molecule has 55 heavy (non-hydrogen) atoms. The number of benzene rings is 3.